The van der Waals surface area contributed by atoms with E-state index in [1.807, 2.05) is 89.8 Å². The smallest absolute Gasteiger partial charge is 0.243 e. The van der Waals surface area contributed by atoms with Gasteiger partial charge in [-0.3, -0.25) is 28.9 Å². The van der Waals surface area contributed by atoms with E-state index >= 15 is 0 Å². The van der Waals surface area contributed by atoms with Crippen molar-refractivity contribution >= 4 is 40.4 Å². The van der Waals surface area contributed by atoms with E-state index in [-0.39, 0.29) is 25.9 Å². The average Bonchev–Trinajstić information content (AvgIpc) is 3.56. The summed E-state index contributed by atoms with van der Waals surface area (Å²) in [5.74, 6) is -2.58. The molecule has 2 saturated heterocycles. The van der Waals surface area contributed by atoms with Crippen LogP contribution in [0.15, 0.2) is 91.1 Å². The molecule has 6 N–H and O–H groups in total. The number of H-pyrrole nitrogens is 1. The molecule has 52 heavy (non-hydrogen) atoms. The average molecular weight is 708 g/mol. The molecule has 272 valence electrons. The number of carbonyl (C=O) groups is 5. The Bertz CT molecular complexity index is 1840. The Hall–Kier alpha value is -5.53. The highest BCUT2D eigenvalue weighted by atomic mass is 16.5. The maximum absolute atomic E-state index is 14.2. The van der Waals surface area contributed by atoms with Crippen LogP contribution in [-0.2, 0) is 48.0 Å². The highest BCUT2D eigenvalue weighted by molar-refractivity contribution is 5.96. The quantitative estimate of drug-likeness (QED) is 0.151. The molecule has 5 amide bonds. The Kier molecular flexibility index (Phi) is 12.3. The Balaban J connectivity index is 1.29. The van der Waals surface area contributed by atoms with Crippen molar-refractivity contribution in [2.45, 2.75) is 49.9 Å². The van der Waals surface area contributed by atoms with Gasteiger partial charge in [-0.1, -0.05) is 78.9 Å². The molecule has 4 aromatic rings. The molecule has 4 atom stereocenters. The van der Waals surface area contributed by atoms with E-state index in [1.165, 1.54) is 0 Å². The number of nitrogens with zero attached hydrogens (tertiary/aromatic N) is 1. The first-order chi connectivity index (χ1) is 25.3. The summed E-state index contributed by atoms with van der Waals surface area (Å²) in [6, 6.07) is 22.6. The Morgan fingerprint density at radius 1 is 0.731 bits per heavy atom. The van der Waals surface area contributed by atoms with Crippen molar-refractivity contribution in [1.82, 2.24) is 36.5 Å². The first-order valence-corrected chi connectivity index (χ1v) is 17.7. The summed E-state index contributed by atoms with van der Waals surface area (Å²) in [5, 5.41) is 15.3. The number of nitrogens with one attached hydrogen (secondary N) is 6. The summed E-state index contributed by atoms with van der Waals surface area (Å²) in [4.78, 5) is 74.0. The summed E-state index contributed by atoms with van der Waals surface area (Å²) < 4.78 is 5.38. The van der Waals surface area contributed by atoms with Crippen LogP contribution in [0, 0.1) is 0 Å². The van der Waals surface area contributed by atoms with Gasteiger partial charge in [0.1, 0.15) is 18.1 Å². The summed E-state index contributed by atoms with van der Waals surface area (Å²) in [6.07, 6.45) is 2.09. The monoisotopic (exact) mass is 707 g/mol. The molecule has 6 rings (SSSR count). The minimum atomic E-state index is -1.23. The first kappa shape index (κ1) is 36.3. The first-order valence-electron chi connectivity index (χ1n) is 17.7. The van der Waals surface area contributed by atoms with E-state index in [2.05, 4.69) is 31.6 Å². The number of aromatic amines is 1. The van der Waals surface area contributed by atoms with Gasteiger partial charge in [0.05, 0.1) is 32.2 Å². The fourth-order valence-corrected chi connectivity index (χ4v) is 6.63. The topological polar surface area (TPSA) is 174 Å². The fourth-order valence-electron chi connectivity index (χ4n) is 6.63. The minimum Gasteiger partial charge on any atom is -0.379 e. The predicted octanol–water partition coefficient (Wildman–Crippen LogP) is 0.987. The highest BCUT2D eigenvalue weighted by Crippen LogP contribution is 2.20. The zero-order chi connectivity index (χ0) is 36.3. The van der Waals surface area contributed by atoms with Crippen LogP contribution in [0.1, 0.15) is 23.1 Å². The van der Waals surface area contributed by atoms with Crippen molar-refractivity contribution in [2.24, 2.45) is 0 Å². The maximum atomic E-state index is 14.2. The number of hydrogen-bond donors (Lipinski definition) is 6. The van der Waals surface area contributed by atoms with Crippen molar-refractivity contribution in [3.8, 4) is 0 Å². The molecule has 2 aliphatic rings. The SMILES string of the molecule is O=C(CN1CCOCC1)N[C@H]1CC(=O)N[C@@H](Cc2c[nH]c3ccccc23)C(=O)N[C@@H](Cc2ccccc2)C(=O)N[C@H](Cc2ccccc2)CNC1=O. The summed E-state index contributed by atoms with van der Waals surface area (Å²) >= 11 is 0. The number of morpholine rings is 1. The molecule has 13 heteroatoms. The molecule has 2 aliphatic heterocycles. The number of benzene rings is 3. The van der Waals surface area contributed by atoms with Crippen LogP contribution >= 0.6 is 0 Å². The molecule has 0 spiro atoms. The zero-order valence-electron chi connectivity index (χ0n) is 28.9. The van der Waals surface area contributed by atoms with Gasteiger partial charge in [0.2, 0.25) is 29.5 Å². The summed E-state index contributed by atoms with van der Waals surface area (Å²) in [6.45, 7) is 2.20. The van der Waals surface area contributed by atoms with Gasteiger partial charge >= 0.3 is 0 Å². The number of fused-ring (bicyclic) bond motifs is 1. The molecule has 0 unspecified atom stereocenters. The van der Waals surface area contributed by atoms with E-state index in [4.69, 9.17) is 4.74 Å². The Morgan fingerprint density at radius 2 is 1.37 bits per heavy atom. The molecular formula is C39H45N7O6. The fraction of sp³-hybridized carbons (Fsp3) is 0.359. The van der Waals surface area contributed by atoms with Gasteiger partial charge in [-0.15, -0.1) is 0 Å². The second-order valence-corrected chi connectivity index (χ2v) is 13.3. The molecule has 1 aromatic heterocycles. The largest absolute Gasteiger partial charge is 0.379 e. The summed E-state index contributed by atoms with van der Waals surface area (Å²) in [5.41, 5.74) is 3.43. The van der Waals surface area contributed by atoms with Crippen molar-refractivity contribution in [2.75, 3.05) is 39.4 Å². The van der Waals surface area contributed by atoms with E-state index in [0.717, 1.165) is 27.6 Å². The second-order valence-electron chi connectivity index (χ2n) is 13.3. The minimum absolute atomic E-state index is 0.0200. The van der Waals surface area contributed by atoms with Crippen molar-refractivity contribution in [1.29, 1.82) is 0 Å². The normalized spacial score (nSPS) is 22.4. The third kappa shape index (κ3) is 10.0. The van der Waals surface area contributed by atoms with E-state index < -0.39 is 60.1 Å². The van der Waals surface area contributed by atoms with Gasteiger partial charge in [-0.05, 0) is 29.2 Å². The molecular weight excluding hydrogens is 662 g/mol. The van der Waals surface area contributed by atoms with Crippen molar-refractivity contribution < 1.29 is 28.7 Å². The van der Waals surface area contributed by atoms with Crippen molar-refractivity contribution in [3.63, 3.8) is 0 Å². The lowest BCUT2D eigenvalue weighted by Crippen LogP contribution is -2.59. The van der Waals surface area contributed by atoms with Crippen LogP contribution in [0.25, 0.3) is 10.9 Å². The number of hydrogen-bond acceptors (Lipinski definition) is 7. The number of para-hydroxylation sites is 1. The Labute approximate surface area is 302 Å². The lowest BCUT2D eigenvalue weighted by molar-refractivity contribution is -0.135. The maximum Gasteiger partial charge on any atom is 0.243 e. The number of amides is 5. The van der Waals surface area contributed by atoms with E-state index in [9.17, 15) is 24.0 Å². The molecule has 3 aromatic carbocycles. The summed E-state index contributed by atoms with van der Waals surface area (Å²) in [7, 11) is 0. The lowest BCUT2D eigenvalue weighted by atomic mass is 10.0. The molecule has 0 saturated carbocycles. The number of ether oxygens (including phenoxy) is 1. The molecule has 3 heterocycles. The Morgan fingerprint density at radius 3 is 2.10 bits per heavy atom. The third-order valence-electron chi connectivity index (χ3n) is 9.37. The zero-order valence-corrected chi connectivity index (χ0v) is 28.9. The number of aromatic nitrogens is 1. The highest BCUT2D eigenvalue weighted by Gasteiger charge is 2.32. The second kappa shape index (κ2) is 17.6. The third-order valence-corrected chi connectivity index (χ3v) is 9.37. The van der Waals surface area contributed by atoms with Crippen LogP contribution < -0.4 is 26.6 Å². The van der Waals surface area contributed by atoms with Gasteiger partial charge in [0.25, 0.3) is 0 Å². The van der Waals surface area contributed by atoms with Gasteiger partial charge in [0.15, 0.2) is 0 Å². The predicted molar refractivity (Wildman–Crippen MR) is 195 cm³/mol. The van der Waals surface area contributed by atoms with Crippen LogP contribution in [0.3, 0.4) is 0 Å². The van der Waals surface area contributed by atoms with Gasteiger partial charge in [0, 0.05) is 49.6 Å². The van der Waals surface area contributed by atoms with Gasteiger partial charge in [-0.25, -0.2) is 0 Å². The van der Waals surface area contributed by atoms with Gasteiger partial charge in [-0.2, -0.15) is 0 Å². The van der Waals surface area contributed by atoms with Gasteiger partial charge < -0.3 is 36.3 Å². The van der Waals surface area contributed by atoms with Crippen LogP contribution in [0.5, 0.6) is 0 Å². The van der Waals surface area contributed by atoms with E-state index in [0.29, 0.717) is 32.7 Å². The van der Waals surface area contributed by atoms with Crippen LogP contribution in [-0.4, -0.2) is 103 Å². The molecule has 2 fully saturated rings. The van der Waals surface area contributed by atoms with Crippen LogP contribution in [0.4, 0.5) is 0 Å². The van der Waals surface area contributed by atoms with Crippen molar-refractivity contribution in [3.05, 3.63) is 108 Å². The molecule has 0 aliphatic carbocycles. The standard InChI is InChI=1S/C39H45N7O6/c47-35-22-34(44-36(48)25-46-15-17-52-18-16-46)37(49)41-24-29(19-26-9-3-1-4-10-26)42-38(50)32(20-27-11-5-2-6-12-27)45-39(51)33(43-35)21-28-23-40-31-14-8-7-13-30(28)31/h1-14,23,29,32-34,40H,15-22,24-25H2,(H,41,49)(H,42,50)(H,43,47)(H,44,48)(H,45,51)/t29-,32+,33+,34+/m1/s1. The number of carbonyl (C=O) groups excluding carboxylic acids is 5. The molecule has 0 radical (unpaired) electrons. The molecule has 13 nitrogen and oxygen atoms in total. The number of rotatable bonds is 9. The molecule has 0 bridgehead atoms. The van der Waals surface area contributed by atoms with Crippen LogP contribution in [0.2, 0.25) is 0 Å². The lowest BCUT2D eigenvalue weighted by Gasteiger charge is -2.29. The van der Waals surface area contributed by atoms with E-state index in [1.54, 1.807) is 6.20 Å².